The molecule has 1 aliphatic rings. The van der Waals surface area contributed by atoms with Gasteiger partial charge in [0.25, 0.3) is 0 Å². The lowest BCUT2D eigenvalue weighted by atomic mass is 9.97. The molecule has 0 radical (unpaired) electrons. The monoisotopic (exact) mass is 526 g/mol. The Labute approximate surface area is 217 Å². The van der Waals surface area contributed by atoms with Crippen LogP contribution in [0.2, 0.25) is 5.02 Å². The summed E-state index contributed by atoms with van der Waals surface area (Å²) in [5.74, 6) is -0.638. The molecule has 0 aliphatic carbocycles. The molecule has 2 atom stereocenters. The third kappa shape index (κ3) is 5.01. The first kappa shape index (κ1) is 25.1. The van der Waals surface area contributed by atoms with Crippen LogP contribution in [0, 0.1) is 18.6 Å². The van der Waals surface area contributed by atoms with E-state index in [1.165, 1.54) is 23.0 Å². The summed E-state index contributed by atoms with van der Waals surface area (Å²) in [6.07, 6.45) is 2.41. The molecule has 2 aromatic carbocycles. The molecule has 10 heteroatoms. The first-order valence-corrected chi connectivity index (χ1v) is 12.3. The molecular weight excluding hydrogens is 502 g/mol. The fourth-order valence-electron chi connectivity index (χ4n) is 4.76. The second-order valence-electron chi connectivity index (χ2n) is 9.20. The number of nitrogens with zero attached hydrogens (tertiary/aromatic N) is 4. The number of β-amino-alcohol motifs (C(OH)–C–C–N with tert-alkyl or cyclic N) is 1. The third-order valence-corrected chi connectivity index (χ3v) is 6.95. The van der Waals surface area contributed by atoms with Crippen molar-refractivity contribution in [1.29, 1.82) is 0 Å². The van der Waals surface area contributed by atoms with Crippen molar-refractivity contribution >= 4 is 28.4 Å². The Morgan fingerprint density at radius 1 is 1.24 bits per heavy atom. The zero-order chi connectivity index (χ0) is 26.3. The zero-order valence-corrected chi connectivity index (χ0v) is 21.0. The van der Waals surface area contributed by atoms with Crippen LogP contribution < -0.4 is 4.74 Å². The van der Waals surface area contributed by atoms with Crippen molar-refractivity contribution in [2.45, 2.75) is 45.4 Å². The molecule has 1 amide bonds. The summed E-state index contributed by atoms with van der Waals surface area (Å²) in [5.41, 5.74) is 2.92. The number of aryl methyl sites for hydroxylation is 1. The van der Waals surface area contributed by atoms with E-state index in [1.807, 2.05) is 13.0 Å². The van der Waals surface area contributed by atoms with Crippen LogP contribution in [0.5, 0.6) is 5.75 Å². The molecule has 3 heterocycles. The van der Waals surface area contributed by atoms with Gasteiger partial charge in [0.2, 0.25) is 5.91 Å². The van der Waals surface area contributed by atoms with E-state index in [0.29, 0.717) is 45.6 Å². The molecule has 1 aliphatic heterocycles. The first-order valence-electron chi connectivity index (χ1n) is 11.9. The number of benzene rings is 2. The van der Waals surface area contributed by atoms with Gasteiger partial charge in [-0.05, 0) is 50.1 Å². The van der Waals surface area contributed by atoms with Gasteiger partial charge in [-0.3, -0.25) is 4.79 Å². The Kier molecular flexibility index (Phi) is 6.83. The average molecular weight is 527 g/mol. The summed E-state index contributed by atoms with van der Waals surface area (Å²) in [5, 5.41) is 15.1. The molecule has 0 spiro atoms. The Balaban J connectivity index is 1.50. The normalized spacial score (nSPS) is 16.9. The van der Waals surface area contributed by atoms with Crippen LogP contribution in [0.25, 0.3) is 16.6 Å². The highest BCUT2D eigenvalue weighted by Crippen LogP contribution is 2.34. The molecule has 7 nitrogen and oxygen atoms in total. The number of aliphatic hydroxyl groups is 1. The number of pyridine rings is 1. The Bertz CT molecular complexity index is 1490. The molecule has 192 valence electrons. The van der Waals surface area contributed by atoms with Crippen LogP contribution in [0.1, 0.15) is 42.6 Å². The van der Waals surface area contributed by atoms with Gasteiger partial charge < -0.3 is 14.7 Å². The summed E-state index contributed by atoms with van der Waals surface area (Å²) in [6.45, 7) is 3.75. The predicted octanol–water partition coefficient (Wildman–Crippen LogP) is 5.28. The minimum Gasteiger partial charge on any atom is -0.487 e. The van der Waals surface area contributed by atoms with Gasteiger partial charge in [-0.1, -0.05) is 23.7 Å². The van der Waals surface area contributed by atoms with E-state index in [1.54, 1.807) is 30.0 Å². The van der Waals surface area contributed by atoms with E-state index in [-0.39, 0.29) is 30.5 Å². The number of para-hydroxylation sites is 1. The number of ether oxygens (including phenoxy) is 1. The standard InChI is InChI=1S/C27H25ClF2N4O3/c1-15-8-24(34-12-18(30)11-31-34)20-4-3-5-25(27(20)32-15)37-14-22-21(9-17(29)10-23(22)28)16(2)33-13-19(35)6-7-26(33)36/h3-5,8-12,16,19,35H,6-7,13-14H2,1-2H3/t16-,19+/m0/s1. The van der Waals surface area contributed by atoms with Gasteiger partial charge in [-0.15, -0.1) is 0 Å². The number of hydrogen-bond donors (Lipinski definition) is 1. The van der Waals surface area contributed by atoms with Crippen LogP contribution in [0.15, 0.2) is 48.8 Å². The molecule has 0 saturated carbocycles. The zero-order valence-electron chi connectivity index (χ0n) is 20.3. The topological polar surface area (TPSA) is 80.5 Å². The van der Waals surface area contributed by atoms with Gasteiger partial charge in [0.05, 0.1) is 35.2 Å². The second-order valence-corrected chi connectivity index (χ2v) is 9.60. The van der Waals surface area contributed by atoms with Gasteiger partial charge in [-0.25, -0.2) is 18.4 Å². The van der Waals surface area contributed by atoms with Crippen molar-refractivity contribution in [3.63, 3.8) is 0 Å². The SMILES string of the molecule is Cc1cc(-n2cc(F)cn2)c2cccc(OCc3c(Cl)cc(F)cc3[C@H](C)N3C[C@H](O)CCC3=O)c2n1. The number of carbonyl (C=O) groups is 1. The lowest BCUT2D eigenvalue weighted by Gasteiger charge is -2.36. The molecule has 1 N–H and O–H groups in total. The number of rotatable bonds is 6. The number of piperidine rings is 1. The van der Waals surface area contributed by atoms with Gasteiger partial charge in [0, 0.05) is 29.6 Å². The van der Waals surface area contributed by atoms with Crippen molar-refractivity contribution in [3.05, 3.63) is 82.3 Å². The van der Waals surface area contributed by atoms with E-state index in [4.69, 9.17) is 16.3 Å². The van der Waals surface area contributed by atoms with Crippen molar-refractivity contribution < 1.29 is 23.4 Å². The van der Waals surface area contributed by atoms with Crippen LogP contribution in [0.4, 0.5) is 8.78 Å². The highest BCUT2D eigenvalue weighted by molar-refractivity contribution is 6.31. The molecule has 4 aromatic rings. The maximum absolute atomic E-state index is 14.4. The molecule has 0 bridgehead atoms. The van der Waals surface area contributed by atoms with Crippen LogP contribution in [0.3, 0.4) is 0 Å². The number of likely N-dealkylation sites (tertiary alicyclic amines) is 1. The first-order chi connectivity index (χ1) is 17.7. The van der Waals surface area contributed by atoms with E-state index >= 15 is 0 Å². The maximum atomic E-state index is 14.4. The summed E-state index contributed by atoms with van der Waals surface area (Å²) in [6, 6.07) is 9.23. The smallest absolute Gasteiger partial charge is 0.223 e. The molecule has 1 fully saturated rings. The van der Waals surface area contributed by atoms with Gasteiger partial charge >= 0.3 is 0 Å². The average Bonchev–Trinajstić information content (AvgIpc) is 3.29. The Hall–Kier alpha value is -3.56. The highest BCUT2D eigenvalue weighted by Gasteiger charge is 2.30. The van der Waals surface area contributed by atoms with Crippen LogP contribution in [-0.2, 0) is 11.4 Å². The minimum atomic E-state index is -0.633. The Morgan fingerprint density at radius 3 is 2.81 bits per heavy atom. The largest absolute Gasteiger partial charge is 0.487 e. The van der Waals surface area contributed by atoms with E-state index < -0.39 is 23.8 Å². The molecule has 2 aromatic heterocycles. The van der Waals surface area contributed by atoms with Crippen molar-refractivity contribution in [2.75, 3.05) is 6.54 Å². The highest BCUT2D eigenvalue weighted by atomic mass is 35.5. The maximum Gasteiger partial charge on any atom is 0.223 e. The number of aromatic nitrogens is 3. The minimum absolute atomic E-state index is 0.0101. The van der Waals surface area contributed by atoms with E-state index in [9.17, 15) is 18.7 Å². The van der Waals surface area contributed by atoms with Crippen LogP contribution >= 0.6 is 11.6 Å². The number of aliphatic hydroxyl groups excluding tert-OH is 1. The lowest BCUT2D eigenvalue weighted by molar-refractivity contribution is -0.139. The lowest BCUT2D eigenvalue weighted by Crippen LogP contribution is -2.44. The van der Waals surface area contributed by atoms with Gasteiger partial charge in [0.1, 0.15) is 23.7 Å². The van der Waals surface area contributed by atoms with Crippen LogP contribution in [-0.4, -0.2) is 43.3 Å². The van der Waals surface area contributed by atoms with E-state index in [2.05, 4.69) is 10.1 Å². The summed E-state index contributed by atoms with van der Waals surface area (Å²) < 4.78 is 35.7. The summed E-state index contributed by atoms with van der Waals surface area (Å²) >= 11 is 6.46. The van der Waals surface area contributed by atoms with Gasteiger partial charge in [-0.2, -0.15) is 5.10 Å². The van der Waals surface area contributed by atoms with Gasteiger partial charge in [0.15, 0.2) is 5.82 Å². The Morgan fingerprint density at radius 2 is 2.05 bits per heavy atom. The second kappa shape index (κ2) is 10.1. The van der Waals surface area contributed by atoms with Crippen molar-refractivity contribution in [2.24, 2.45) is 0 Å². The number of fused-ring (bicyclic) bond motifs is 1. The number of hydrogen-bond acceptors (Lipinski definition) is 5. The molecule has 5 rings (SSSR count). The van der Waals surface area contributed by atoms with Crippen molar-refractivity contribution in [3.8, 4) is 11.4 Å². The van der Waals surface area contributed by atoms with E-state index in [0.717, 1.165) is 6.20 Å². The number of amides is 1. The summed E-state index contributed by atoms with van der Waals surface area (Å²) in [4.78, 5) is 18.7. The fraction of sp³-hybridized carbons (Fsp3) is 0.296. The quantitative estimate of drug-likeness (QED) is 0.369. The van der Waals surface area contributed by atoms with Crippen molar-refractivity contribution in [1.82, 2.24) is 19.7 Å². The third-order valence-electron chi connectivity index (χ3n) is 6.61. The molecule has 37 heavy (non-hydrogen) atoms. The predicted molar refractivity (Wildman–Crippen MR) is 135 cm³/mol. The number of carbonyl (C=O) groups excluding carboxylic acids is 1. The molecule has 0 unspecified atom stereocenters. The number of halogens is 3. The molecule has 1 saturated heterocycles. The fourth-order valence-corrected chi connectivity index (χ4v) is 5.03. The summed E-state index contributed by atoms with van der Waals surface area (Å²) in [7, 11) is 0. The molecular formula is C27H25ClF2N4O3.